The zero-order valence-corrected chi connectivity index (χ0v) is 11.6. The van der Waals surface area contributed by atoms with E-state index in [-0.39, 0.29) is 0 Å². The van der Waals surface area contributed by atoms with Gasteiger partial charge in [0.1, 0.15) is 0 Å². The minimum Gasteiger partial charge on any atom is -0.493 e. The van der Waals surface area contributed by atoms with Gasteiger partial charge in [-0.1, -0.05) is 18.2 Å². The molecular weight excluding hydrogens is 238 g/mol. The Morgan fingerprint density at radius 1 is 1.00 bits per heavy atom. The molecule has 0 radical (unpaired) electrons. The molecule has 0 aromatic heterocycles. The number of nitrogens with two attached hydrogens (primary N) is 1. The van der Waals surface area contributed by atoms with Gasteiger partial charge >= 0.3 is 0 Å². The molecule has 2 aromatic carbocycles. The lowest BCUT2D eigenvalue weighted by atomic mass is 9.99. The third kappa shape index (κ3) is 2.81. The first-order valence-corrected chi connectivity index (χ1v) is 6.20. The van der Waals surface area contributed by atoms with Crippen LogP contribution >= 0.6 is 0 Å². The molecule has 3 nitrogen and oxygen atoms in total. The Kier molecular flexibility index (Phi) is 3.95. The van der Waals surface area contributed by atoms with Crippen molar-refractivity contribution < 1.29 is 9.47 Å². The third-order valence-corrected chi connectivity index (χ3v) is 3.33. The summed E-state index contributed by atoms with van der Waals surface area (Å²) in [7, 11) is 3.28. The fourth-order valence-corrected chi connectivity index (χ4v) is 2.11. The van der Waals surface area contributed by atoms with Crippen molar-refractivity contribution in [3.63, 3.8) is 0 Å². The first-order valence-electron chi connectivity index (χ1n) is 6.20. The van der Waals surface area contributed by atoms with Crippen LogP contribution in [-0.4, -0.2) is 14.2 Å². The van der Waals surface area contributed by atoms with Crippen LogP contribution in [0.3, 0.4) is 0 Å². The fraction of sp³-hybridized carbons (Fsp3) is 0.250. The summed E-state index contributed by atoms with van der Waals surface area (Å²) in [5.41, 5.74) is 10.3. The van der Waals surface area contributed by atoms with Crippen LogP contribution in [-0.2, 0) is 6.42 Å². The van der Waals surface area contributed by atoms with Gasteiger partial charge in [0, 0.05) is 5.69 Å². The molecule has 0 saturated heterocycles. The average Bonchev–Trinajstić information content (AvgIpc) is 2.43. The van der Waals surface area contributed by atoms with Crippen molar-refractivity contribution in [1.82, 2.24) is 0 Å². The minimum atomic E-state index is 0.746. The van der Waals surface area contributed by atoms with Crippen molar-refractivity contribution in [1.29, 1.82) is 0 Å². The quantitative estimate of drug-likeness (QED) is 0.855. The summed E-state index contributed by atoms with van der Waals surface area (Å²) in [4.78, 5) is 0. The molecule has 0 atom stereocenters. The molecule has 0 unspecified atom stereocenters. The third-order valence-electron chi connectivity index (χ3n) is 3.33. The largest absolute Gasteiger partial charge is 0.493 e. The zero-order chi connectivity index (χ0) is 13.8. The molecule has 0 aliphatic carbocycles. The van der Waals surface area contributed by atoms with Gasteiger partial charge in [-0.25, -0.2) is 0 Å². The van der Waals surface area contributed by atoms with E-state index >= 15 is 0 Å². The Morgan fingerprint density at radius 2 is 1.74 bits per heavy atom. The van der Waals surface area contributed by atoms with E-state index in [1.54, 1.807) is 14.2 Å². The van der Waals surface area contributed by atoms with E-state index in [2.05, 4.69) is 6.07 Å². The zero-order valence-electron chi connectivity index (χ0n) is 11.6. The first-order chi connectivity index (χ1) is 9.15. The molecule has 19 heavy (non-hydrogen) atoms. The maximum Gasteiger partial charge on any atom is 0.160 e. The maximum atomic E-state index is 5.93. The summed E-state index contributed by atoms with van der Waals surface area (Å²) in [6.07, 6.45) is 0.831. The predicted octanol–water partition coefficient (Wildman–Crippen LogP) is 3.19. The molecular formula is C16H19NO2. The summed E-state index contributed by atoms with van der Waals surface area (Å²) in [6.45, 7) is 2.05. The Morgan fingerprint density at radius 3 is 2.42 bits per heavy atom. The number of methoxy groups -OCH3 is 2. The number of benzene rings is 2. The van der Waals surface area contributed by atoms with E-state index in [1.807, 2.05) is 37.3 Å². The standard InChI is InChI=1S/C16H19NO2/c1-11-13(5-4-6-14(11)17)9-12-7-8-15(18-2)16(10-12)19-3/h4-8,10H,9,17H2,1-3H3. The molecule has 0 bridgehead atoms. The van der Waals surface area contributed by atoms with Gasteiger partial charge in [0.05, 0.1) is 14.2 Å². The van der Waals surface area contributed by atoms with E-state index in [4.69, 9.17) is 15.2 Å². The van der Waals surface area contributed by atoms with Crippen LogP contribution in [0.15, 0.2) is 36.4 Å². The van der Waals surface area contributed by atoms with Crippen molar-refractivity contribution in [3.8, 4) is 11.5 Å². The average molecular weight is 257 g/mol. The number of anilines is 1. The molecule has 0 aliphatic rings. The Bertz CT molecular complexity index is 579. The summed E-state index contributed by atoms with van der Waals surface area (Å²) < 4.78 is 10.6. The van der Waals surface area contributed by atoms with Gasteiger partial charge in [-0.05, 0) is 48.2 Å². The monoisotopic (exact) mass is 257 g/mol. The molecule has 3 heteroatoms. The highest BCUT2D eigenvalue weighted by molar-refractivity contribution is 5.52. The number of hydrogen-bond acceptors (Lipinski definition) is 3. The number of rotatable bonds is 4. The highest BCUT2D eigenvalue weighted by Crippen LogP contribution is 2.29. The van der Waals surface area contributed by atoms with Gasteiger partial charge in [0.25, 0.3) is 0 Å². The lowest BCUT2D eigenvalue weighted by molar-refractivity contribution is 0.354. The van der Waals surface area contributed by atoms with E-state index in [0.717, 1.165) is 29.2 Å². The molecule has 0 amide bonds. The summed E-state index contributed by atoms with van der Waals surface area (Å²) in [6, 6.07) is 12.0. The van der Waals surface area contributed by atoms with Crippen molar-refractivity contribution in [2.75, 3.05) is 20.0 Å². The smallest absolute Gasteiger partial charge is 0.160 e. The molecule has 2 N–H and O–H groups in total. The molecule has 100 valence electrons. The molecule has 0 aliphatic heterocycles. The second-order valence-corrected chi connectivity index (χ2v) is 4.50. The number of ether oxygens (including phenoxy) is 2. The van der Waals surface area contributed by atoms with E-state index in [0.29, 0.717) is 0 Å². The summed E-state index contributed by atoms with van der Waals surface area (Å²) >= 11 is 0. The first kappa shape index (κ1) is 13.3. The van der Waals surface area contributed by atoms with Crippen LogP contribution in [0, 0.1) is 6.92 Å². The Labute approximate surface area is 114 Å². The molecule has 0 fully saturated rings. The number of nitrogen functional groups attached to an aromatic ring is 1. The number of hydrogen-bond donors (Lipinski definition) is 1. The maximum absolute atomic E-state index is 5.93. The van der Waals surface area contributed by atoms with Crippen LogP contribution in [0.4, 0.5) is 5.69 Å². The topological polar surface area (TPSA) is 44.5 Å². The molecule has 2 aromatic rings. The lowest BCUT2D eigenvalue weighted by Gasteiger charge is -2.11. The molecule has 0 spiro atoms. The van der Waals surface area contributed by atoms with E-state index < -0.39 is 0 Å². The van der Waals surface area contributed by atoms with Crippen LogP contribution in [0.2, 0.25) is 0 Å². The highest BCUT2D eigenvalue weighted by Gasteiger charge is 2.07. The van der Waals surface area contributed by atoms with Crippen LogP contribution in [0.25, 0.3) is 0 Å². The SMILES string of the molecule is COc1ccc(Cc2cccc(N)c2C)cc1OC. The second-order valence-electron chi connectivity index (χ2n) is 4.50. The summed E-state index contributed by atoms with van der Waals surface area (Å²) in [5.74, 6) is 1.50. The molecule has 2 rings (SSSR count). The summed E-state index contributed by atoms with van der Waals surface area (Å²) in [5, 5.41) is 0. The Balaban J connectivity index is 2.31. The fourth-order valence-electron chi connectivity index (χ4n) is 2.11. The minimum absolute atomic E-state index is 0.746. The van der Waals surface area contributed by atoms with Crippen molar-refractivity contribution >= 4 is 5.69 Å². The van der Waals surface area contributed by atoms with E-state index in [9.17, 15) is 0 Å². The van der Waals surface area contributed by atoms with Gasteiger partial charge < -0.3 is 15.2 Å². The molecule has 0 saturated carbocycles. The van der Waals surface area contributed by atoms with Gasteiger partial charge in [0.2, 0.25) is 0 Å². The van der Waals surface area contributed by atoms with Gasteiger partial charge in [-0.2, -0.15) is 0 Å². The van der Waals surface area contributed by atoms with Gasteiger partial charge in [-0.15, -0.1) is 0 Å². The van der Waals surface area contributed by atoms with Crippen molar-refractivity contribution in [3.05, 3.63) is 53.1 Å². The highest BCUT2D eigenvalue weighted by atomic mass is 16.5. The normalized spacial score (nSPS) is 10.3. The van der Waals surface area contributed by atoms with Crippen LogP contribution in [0.5, 0.6) is 11.5 Å². The van der Waals surface area contributed by atoms with Crippen molar-refractivity contribution in [2.24, 2.45) is 0 Å². The Hall–Kier alpha value is -2.16. The van der Waals surface area contributed by atoms with Gasteiger partial charge in [0.15, 0.2) is 11.5 Å². The van der Waals surface area contributed by atoms with Crippen molar-refractivity contribution in [2.45, 2.75) is 13.3 Å². The molecule has 0 heterocycles. The van der Waals surface area contributed by atoms with Gasteiger partial charge in [-0.3, -0.25) is 0 Å². The lowest BCUT2D eigenvalue weighted by Crippen LogP contribution is -1.98. The van der Waals surface area contributed by atoms with Crippen LogP contribution < -0.4 is 15.2 Å². The van der Waals surface area contributed by atoms with E-state index in [1.165, 1.54) is 11.1 Å². The van der Waals surface area contributed by atoms with Crippen LogP contribution in [0.1, 0.15) is 16.7 Å². The predicted molar refractivity (Wildman–Crippen MR) is 77.9 cm³/mol. The second kappa shape index (κ2) is 5.65.